The minimum absolute atomic E-state index is 0.0169. The van der Waals surface area contributed by atoms with Gasteiger partial charge in [-0.25, -0.2) is 0 Å². The molecule has 4 rings (SSSR count). The zero-order chi connectivity index (χ0) is 22.5. The number of anilines is 2. The Morgan fingerprint density at radius 3 is 2.59 bits per heavy atom. The molecule has 1 unspecified atom stereocenters. The summed E-state index contributed by atoms with van der Waals surface area (Å²) in [5.74, 6) is 1.19. The first-order valence-electron chi connectivity index (χ1n) is 9.90. The fourth-order valence-electron chi connectivity index (χ4n) is 3.44. The van der Waals surface area contributed by atoms with Crippen molar-refractivity contribution in [3.63, 3.8) is 0 Å². The molecular formula is C24H21ClN2O4S. The van der Waals surface area contributed by atoms with Crippen molar-refractivity contribution in [3.05, 3.63) is 83.4 Å². The number of para-hydroxylation sites is 3. The average Bonchev–Trinajstić information content (AvgIpc) is 3.20. The van der Waals surface area contributed by atoms with Crippen molar-refractivity contribution in [1.82, 2.24) is 0 Å². The van der Waals surface area contributed by atoms with E-state index in [1.165, 1.54) is 11.8 Å². The van der Waals surface area contributed by atoms with E-state index in [-0.39, 0.29) is 23.8 Å². The number of halogens is 1. The lowest BCUT2D eigenvalue weighted by atomic mass is 10.1. The van der Waals surface area contributed by atoms with Gasteiger partial charge in [0.25, 0.3) is 5.91 Å². The second-order valence-corrected chi connectivity index (χ2v) is 8.48. The fourth-order valence-corrected chi connectivity index (χ4v) is 4.77. The standard InChI is InChI=1S/C24H21ClN2O4S/c1-30-21-9-5-4-8-20(21)27-23(29)15-32-24(27)18-6-2-3-7-19(18)26-22(28)14-31-17-12-10-16(25)11-13-17/h2-13,24H,14-15H2,1H3,(H,26,28). The minimum Gasteiger partial charge on any atom is -0.495 e. The quantitative estimate of drug-likeness (QED) is 0.519. The van der Waals surface area contributed by atoms with Gasteiger partial charge < -0.3 is 14.8 Å². The number of benzene rings is 3. The normalized spacial score (nSPS) is 15.5. The van der Waals surface area contributed by atoms with Crippen LogP contribution < -0.4 is 19.7 Å². The number of nitrogens with zero attached hydrogens (tertiary/aromatic N) is 1. The average molecular weight is 469 g/mol. The molecule has 6 nitrogen and oxygen atoms in total. The Bertz CT molecular complexity index is 1120. The number of methoxy groups -OCH3 is 1. The molecule has 8 heteroatoms. The second kappa shape index (κ2) is 9.97. The van der Waals surface area contributed by atoms with E-state index in [2.05, 4.69) is 5.32 Å². The van der Waals surface area contributed by atoms with Crippen molar-refractivity contribution in [1.29, 1.82) is 0 Å². The molecule has 0 spiro atoms. The van der Waals surface area contributed by atoms with E-state index in [0.29, 0.717) is 33.6 Å². The molecular weight excluding hydrogens is 448 g/mol. The lowest BCUT2D eigenvalue weighted by Gasteiger charge is -2.27. The third-order valence-electron chi connectivity index (χ3n) is 4.90. The Morgan fingerprint density at radius 2 is 1.81 bits per heavy atom. The highest BCUT2D eigenvalue weighted by Gasteiger charge is 2.36. The van der Waals surface area contributed by atoms with Crippen LogP contribution in [0.1, 0.15) is 10.9 Å². The van der Waals surface area contributed by atoms with Gasteiger partial charge in [-0.05, 0) is 42.5 Å². The maximum Gasteiger partial charge on any atom is 0.262 e. The Kier molecular flexibility index (Phi) is 6.87. The Hall–Kier alpha value is -3.16. The van der Waals surface area contributed by atoms with Crippen LogP contribution in [-0.4, -0.2) is 31.3 Å². The van der Waals surface area contributed by atoms with Gasteiger partial charge in [-0.2, -0.15) is 0 Å². The van der Waals surface area contributed by atoms with E-state index in [4.69, 9.17) is 21.1 Å². The van der Waals surface area contributed by atoms with Crippen LogP contribution in [0.5, 0.6) is 11.5 Å². The summed E-state index contributed by atoms with van der Waals surface area (Å²) in [6.45, 7) is -0.150. The SMILES string of the molecule is COc1ccccc1N1C(=O)CSC1c1ccccc1NC(=O)COc1ccc(Cl)cc1. The molecule has 3 aromatic rings. The summed E-state index contributed by atoms with van der Waals surface area (Å²) in [5.41, 5.74) is 2.15. The van der Waals surface area contributed by atoms with Crippen LogP contribution in [0.2, 0.25) is 5.02 Å². The van der Waals surface area contributed by atoms with Crippen LogP contribution in [0.25, 0.3) is 0 Å². The third kappa shape index (κ3) is 4.84. The van der Waals surface area contributed by atoms with Crippen LogP contribution in [-0.2, 0) is 9.59 Å². The van der Waals surface area contributed by atoms with E-state index in [9.17, 15) is 9.59 Å². The number of amides is 2. The molecule has 1 aliphatic rings. The van der Waals surface area contributed by atoms with Crippen LogP contribution >= 0.6 is 23.4 Å². The Morgan fingerprint density at radius 1 is 1.09 bits per heavy atom. The lowest BCUT2D eigenvalue weighted by molar-refractivity contribution is -0.118. The van der Waals surface area contributed by atoms with Gasteiger partial charge in [0.15, 0.2) is 6.61 Å². The highest BCUT2D eigenvalue weighted by Crippen LogP contribution is 2.46. The molecule has 0 radical (unpaired) electrons. The van der Waals surface area contributed by atoms with Gasteiger partial charge >= 0.3 is 0 Å². The van der Waals surface area contributed by atoms with Gasteiger partial charge in [0.05, 0.1) is 18.6 Å². The van der Waals surface area contributed by atoms with Crippen molar-refractivity contribution in [2.45, 2.75) is 5.37 Å². The zero-order valence-electron chi connectivity index (χ0n) is 17.3. The van der Waals surface area contributed by atoms with Gasteiger partial charge in [-0.15, -0.1) is 11.8 Å². The highest BCUT2D eigenvalue weighted by molar-refractivity contribution is 8.00. The van der Waals surface area contributed by atoms with Gasteiger partial charge in [0.2, 0.25) is 5.91 Å². The molecule has 3 aromatic carbocycles. The van der Waals surface area contributed by atoms with Crippen molar-refractivity contribution >= 4 is 46.6 Å². The van der Waals surface area contributed by atoms with Gasteiger partial charge in [0.1, 0.15) is 16.9 Å². The molecule has 1 N–H and O–H groups in total. The second-order valence-electron chi connectivity index (χ2n) is 6.98. The summed E-state index contributed by atoms with van der Waals surface area (Å²) < 4.78 is 11.0. The Balaban J connectivity index is 1.54. The highest BCUT2D eigenvalue weighted by atomic mass is 35.5. The molecule has 1 heterocycles. The molecule has 1 aliphatic heterocycles. The number of carbonyl (C=O) groups is 2. The largest absolute Gasteiger partial charge is 0.495 e. The van der Waals surface area contributed by atoms with Crippen molar-refractivity contribution < 1.29 is 19.1 Å². The number of rotatable bonds is 7. The predicted molar refractivity (Wildman–Crippen MR) is 128 cm³/mol. The molecule has 32 heavy (non-hydrogen) atoms. The lowest BCUT2D eigenvalue weighted by Crippen LogP contribution is -2.29. The number of carbonyl (C=O) groups excluding carboxylic acids is 2. The van der Waals surface area contributed by atoms with Gasteiger partial charge in [0, 0.05) is 16.3 Å². The summed E-state index contributed by atoms with van der Waals surface area (Å²) in [4.78, 5) is 27.1. The van der Waals surface area contributed by atoms with E-state index >= 15 is 0 Å². The van der Waals surface area contributed by atoms with Crippen LogP contribution in [0.4, 0.5) is 11.4 Å². The summed E-state index contributed by atoms with van der Waals surface area (Å²) in [6.07, 6.45) is 0. The number of thioether (sulfide) groups is 1. The monoisotopic (exact) mass is 468 g/mol. The molecule has 0 aliphatic carbocycles. The van der Waals surface area contributed by atoms with Crippen LogP contribution in [0.15, 0.2) is 72.8 Å². The van der Waals surface area contributed by atoms with Crippen LogP contribution in [0.3, 0.4) is 0 Å². The van der Waals surface area contributed by atoms with E-state index < -0.39 is 0 Å². The number of nitrogens with one attached hydrogen (secondary N) is 1. The first-order chi connectivity index (χ1) is 15.6. The third-order valence-corrected chi connectivity index (χ3v) is 6.34. The predicted octanol–water partition coefficient (Wildman–Crippen LogP) is 5.14. The summed E-state index contributed by atoms with van der Waals surface area (Å²) in [7, 11) is 1.58. The zero-order valence-corrected chi connectivity index (χ0v) is 18.9. The molecule has 0 saturated carbocycles. The molecule has 1 saturated heterocycles. The molecule has 0 bridgehead atoms. The first kappa shape index (κ1) is 22.0. The maximum absolute atomic E-state index is 12.8. The smallest absolute Gasteiger partial charge is 0.262 e. The minimum atomic E-state index is -0.300. The number of hydrogen-bond donors (Lipinski definition) is 1. The summed E-state index contributed by atoms with van der Waals surface area (Å²) in [6, 6.07) is 21.7. The van der Waals surface area contributed by atoms with Crippen molar-refractivity contribution in [2.75, 3.05) is 29.7 Å². The molecule has 1 fully saturated rings. The van der Waals surface area contributed by atoms with Gasteiger partial charge in [-0.3, -0.25) is 14.5 Å². The van der Waals surface area contributed by atoms with E-state index in [1.807, 2.05) is 48.5 Å². The Labute approximate surface area is 195 Å². The van der Waals surface area contributed by atoms with Crippen molar-refractivity contribution in [3.8, 4) is 11.5 Å². The molecule has 164 valence electrons. The fraction of sp³-hybridized carbons (Fsp3) is 0.167. The molecule has 1 atom stereocenters. The topological polar surface area (TPSA) is 67.9 Å². The maximum atomic E-state index is 12.8. The van der Waals surface area contributed by atoms with E-state index in [0.717, 1.165) is 5.56 Å². The summed E-state index contributed by atoms with van der Waals surface area (Å²) >= 11 is 7.38. The van der Waals surface area contributed by atoms with Crippen LogP contribution in [0, 0.1) is 0 Å². The van der Waals surface area contributed by atoms with Crippen molar-refractivity contribution in [2.24, 2.45) is 0 Å². The first-order valence-corrected chi connectivity index (χ1v) is 11.3. The van der Waals surface area contributed by atoms with Gasteiger partial charge in [-0.1, -0.05) is 41.9 Å². The number of ether oxygens (including phenoxy) is 2. The summed E-state index contributed by atoms with van der Waals surface area (Å²) in [5, 5.41) is 3.21. The number of hydrogen-bond acceptors (Lipinski definition) is 5. The molecule has 0 aromatic heterocycles. The van der Waals surface area contributed by atoms with E-state index in [1.54, 1.807) is 36.3 Å². The molecule has 2 amide bonds.